The van der Waals surface area contributed by atoms with E-state index in [1.807, 2.05) is 0 Å². The summed E-state index contributed by atoms with van der Waals surface area (Å²) in [5, 5.41) is 0. The zero-order chi connectivity index (χ0) is 13.0. The number of nitrogen functional groups attached to an aromatic ring is 2. The Bertz CT molecular complexity index is 535. The highest BCUT2D eigenvalue weighted by Crippen LogP contribution is 2.12. The number of nitrogens with one attached hydrogen (secondary N) is 1. The van der Waals surface area contributed by atoms with E-state index in [2.05, 4.69) is 5.48 Å². The van der Waals surface area contributed by atoms with E-state index in [0.29, 0.717) is 22.7 Å². The topological polar surface area (TPSA) is 90.4 Å². The van der Waals surface area contributed by atoms with Gasteiger partial charge in [-0.1, -0.05) is 0 Å². The highest BCUT2D eigenvalue weighted by molar-refractivity contribution is 5.93. The fourth-order valence-electron chi connectivity index (χ4n) is 1.33. The van der Waals surface area contributed by atoms with Gasteiger partial charge in [0, 0.05) is 16.9 Å². The first-order valence-electron chi connectivity index (χ1n) is 5.33. The number of carbonyl (C=O) groups is 1. The van der Waals surface area contributed by atoms with Gasteiger partial charge in [0.05, 0.1) is 0 Å². The molecule has 5 N–H and O–H groups in total. The molecule has 0 aliphatic carbocycles. The van der Waals surface area contributed by atoms with Crippen molar-refractivity contribution < 1.29 is 9.63 Å². The Morgan fingerprint density at radius 1 is 0.889 bits per heavy atom. The van der Waals surface area contributed by atoms with Crippen molar-refractivity contribution in [2.45, 2.75) is 0 Å². The van der Waals surface area contributed by atoms with Gasteiger partial charge in [-0.3, -0.25) is 4.79 Å². The lowest BCUT2D eigenvalue weighted by Crippen LogP contribution is -2.26. The molecule has 0 saturated carbocycles. The molecule has 2 aromatic rings. The van der Waals surface area contributed by atoms with Crippen molar-refractivity contribution in [1.29, 1.82) is 0 Å². The maximum atomic E-state index is 11.7. The van der Waals surface area contributed by atoms with Crippen LogP contribution in [0.25, 0.3) is 0 Å². The third-order valence-corrected chi connectivity index (χ3v) is 2.31. The third-order valence-electron chi connectivity index (χ3n) is 2.31. The van der Waals surface area contributed by atoms with Crippen LogP contribution in [0.1, 0.15) is 10.4 Å². The summed E-state index contributed by atoms with van der Waals surface area (Å²) < 4.78 is 0. The number of anilines is 2. The maximum Gasteiger partial charge on any atom is 0.283 e. The molecule has 0 fully saturated rings. The second-order valence-electron chi connectivity index (χ2n) is 3.72. The van der Waals surface area contributed by atoms with E-state index >= 15 is 0 Å². The van der Waals surface area contributed by atoms with E-state index in [4.69, 9.17) is 16.3 Å². The molecule has 0 aromatic heterocycles. The van der Waals surface area contributed by atoms with E-state index < -0.39 is 0 Å². The minimum absolute atomic E-state index is 0.341. The molecule has 1 amide bonds. The molecule has 0 aliphatic rings. The van der Waals surface area contributed by atoms with Crippen LogP contribution in [0.15, 0.2) is 48.5 Å². The lowest BCUT2D eigenvalue weighted by molar-refractivity contribution is 0.0760. The van der Waals surface area contributed by atoms with Gasteiger partial charge in [-0.2, -0.15) is 5.48 Å². The number of benzene rings is 2. The standard InChI is InChI=1S/C13H13N3O2/c14-10-3-1-9(2-4-10)13(17)16-18-12-7-5-11(15)6-8-12/h1-8H,14-15H2,(H,16,17). The van der Waals surface area contributed by atoms with E-state index in [9.17, 15) is 4.79 Å². The van der Waals surface area contributed by atoms with Gasteiger partial charge < -0.3 is 16.3 Å². The van der Waals surface area contributed by atoms with Crippen LogP contribution in [0.2, 0.25) is 0 Å². The fraction of sp³-hybridized carbons (Fsp3) is 0. The lowest BCUT2D eigenvalue weighted by Gasteiger charge is -2.07. The fourth-order valence-corrected chi connectivity index (χ4v) is 1.33. The van der Waals surface area contributed by atoms with Gasteiger partial charge in [0.15, 0.2) is 5.75 Å². The quantitative estimate of drug-likeness (QED) is 0.563. The lowest BCUT2D eigenvalue weighted by atomic mass is 10.2. The zero-order valence-electron chi connectivity index (χ0n) is 9.59. The maximum absolute atomic E-state index is 11.7. The number of rotatable bonds is 3. The van der Waals surface area contributed by atoms with Crippen LogP contribution >= 0.6 is 0 Å². The molecule has 0 unspecified atom stereocenters. The minimum atomic E-state index is -0.341. The number of hydrogen-bond acceptors (Lipinski definition) is 4. The predicted molar refractivity (Wildman–Crippen MR) is 69.8 cm³/mol. The Labute approximate surface area is 104 Å². The zero-order valence-corrected chi connectivity index (χ0v) is 9.59. The molecule has 0 bridgehead atoms. The van der Waals surface area contributed by atoms with Gasteiger partial charge in [0.25, 0.3) is 5.91 Å². The second-order valence-corrected chi connectivity index (χ2v) is 3.72. The molecular weight excluding hydrogens is 230 g/mol. The van der Waals surface area contributed by atoms with Crippen molar-refractivity contribution in [3.05, 3.63) is 54.1 Å². The highest BCUT2D eigenvalue weighted by Gasteiger charge is 2.05. The van der Waals surface area contributed by atoms with Crippen LogP contribution in [0.5, 0.6) is 5.75 Å². The van der Waals surface area contributed by atoms with Crippen LogP contribution in [-0.4, -0.2) is 5.91 Å². The van der Waals surface area contributed by atoms with Crippen molar-refractivity contribution in [1.82, 2.24) is 5.48 Å². The van der Waals surface area contributed by atoms with Crippen LogP contribution < -0.4 is 21.8 Å². The summed E-state index contributed by atoms with van der Waals surface area (Å²) in [6.07, 6.45) is 0. The van der Waals surface area contributed by atoms with Crippen molar-refractivity contribution in [3.8, 4) is 5.75 Å². The first-order chi connectivity index (χ1) is 8.65. The number of hydrogen-bond donors (Lipinski definition) is 3. The average molecular weight is 243 g/mol. The largest absolute Gasteiger partial charge is 0.399 e. The number of amides is 1. The van der Waals surface area contributed by atoms with Crippen LogP contribution in [-0.2, 0) is 0 Å². The Morgan fingerprint density at radius 3 is 1.94 bits per heavy atom. The minimum Gasteiger partial charge on any atom is -0.399 e. The summed E-state index contributed by atoms with van der Waals surface area (Å²) in [4.78, 5) is 16.8. The summed E-state index contributed by atoms with van der Waals surface area (Å²) >= 11 is 0. The average Bonchev–Trinajstić information content (AvgIpc) is 2.38. The molecule has 2 rings (SSSR count). The van der Waals surface area contributed by atoms with Crippen molar-refractivity contribution >= 4 is 17.3 Å². The van der Waals surface area contributed by atoms with Gasteiger partial charge in [0.2, 0.25) is 0 Å². The number of nitrogens with two attached hydrogens (primary N) is 2. The first kappa shape index (κ1) is 11.8. The summed E-state index contributed by atoms with van der Waals surface area (Å²) in [6.45, 7) is 0. The Balaban J connectivity index is 1.96. The molecule has 2 aromatic carbocycles. The SMILES string of the molecule is Nc1ccc(ONC(=O)c2ccc(N)cc2)cc1. The Hall–Kier alpha value is -2.69. The number of carbonyl (C=O) groups excluding carboxylic acids is 1. The molecular formula is C13H13N3O2. The van der Waals surface area contributed by atoms with E-state index in [1.54, 1.807) is 48.5 Å². The van der Waals surface area contributed by atoms with E-state index in [1.165, 1.54) is 0 Å². The molecule has 0 radical (unpaired) electrons. The van der Waals surface area contributed by atoms with E-state index in [-0.39, 0.29) is 5.91 Å². The highest BCUT2D eigenvalue weighted by atomic mass is 16.7. The number of hydroxylamine groups is 1. The van der Waals surface area contributed by atoms with Crippen molar-refractivity contribution in [3.63, 3.8) is 0 Å². The molecule has 0 atom stereocenters. The van der Waals surface area contributed by atoms with Gasteiger partial charge >= 0.3 is 0 Å². The molecule has 0 spiro atoms. The van der Waals surface area contributed by atoms with E-state index in [0.717, 1.165) is 0 Å². The molecule has 5 nitrogen and oxygen atoms in total. The van der Waals surface area contributed by atoms with Crippen molar-refractivity contribution in [2.24, 2.45) is 0 Å². The smallest absolute Gasteiger partial charge is 0.283 e. The molecule has 0 heterocycles. The second kappa shape index (κ2) is 5.09. The van der Waals surface area contributed by atoms with Crippen LogP contribution in [0.3, 0.4) is 0 Å². The first-order valence-corrected chi connectivity index (χ1v) is 5.33. The molecule has 0 aliphatic heterocycles. The van der Waals surface area contributed by atoms with Crippen LogP contribution in [0, 0.1) is 0 Å². The Kier molecular flexibility index (Phi) is 3.33. The summed E-state index contributed by atoms with van der Waals surface area (Å²) in [5.41, 5.74) is 15.1. The van der Waals surface area contributed by atoms with Gasteiger partial charge in [-0.05, 0) is 48.5 Å². The van der Waals surface area contributed by atoms with Gasteiger partial charge in [0.1, 0.15) is 0 Å². The predicted octanol–water partition coefficient (Wildman–Crippen LogP) is 1.57. The molecule has 5 heteroatoms. The molecule has 92 valence electrons. The summed E-state index contributed by atoms with van der Waals surface area (Å²) in [7, 11) is 0. The molecule has 0 saturated heterocycles. The van der Waals surface area contributed by atoms with Gasteiger partial charge in [-0.15, -0.1) is 0 Å². The normalized spacial score (nSPS) is 9.78. The Morgan fingerprint density at radius 2 is 1.39 bits per heavy atom. The summed E-state index contributed by atoms with van der Waals surface area (Å²) in [6, 6.07) is 13.2. The molecule has 18 heavy (non-hydrogen) atoms. The monoisotopic (exact) mass is 243 g/mol. The third kappa shape index (κ3) is 2.91. The summed E-state index contributed by atoms with van der Waals surface area (Å²) in [5.74, 6) is 0.167. The van der Waals surface area contributed by atoms with Crippen LogP contribution in [0.4, 0.5) is 11.4 Å². The van der Waals surface area contributed by atoms with Crippen molar-refractivity contribution in [2.75, 3.05) is 11.5 Å². The van der Waals surface area contributed by atoms with Gasteiger partial charge in [-0.25, -0.2) is 0 Å².